The molecule has 9 heteroatoms. The fourth-order valence-corrected chi connectivity index (χ4v) is 6.88. The van der Waals surface area contributed by atoms with Crippen LogP contribution in [0.3, 0.4) is 0 Å². The van der Waals surface area contributed by atoms with E-state index in [-0.39, 0.29) is 11.6 Å². The van der Waals surface area contributed by atoms with Gasteiger partial charge in [0.2, 0.25) is 0 Å². The highest BCUT2D eigenvalue weighted by Gasteiger charge is 2.32. The molecule has 9 aromatic rings. The van der Waals surface area contributed by atoms with E-state index in [1.807, 2.05) is 127 Å². The van der Waals surface area contributed by atoms with E-state index in [0.717, 1.165) is 54.2 Å². The van der Waals surface area contributed by atoms with Crippen molar-refractivity contribution in [1.82, 2.24) is 15.0 Å². The van der Waals surface area contributed by atoms with Gasteiger partial charge < -0.3 is 8.60 Å². The van der Waals surface area contributed by atoms with Crippen molar-refractivity contribution in [3.8, 4) is 39.9 Å². The van der Waals surface area contributed by atoms with Gasteiger partial charge >= 0.3 is 5.51 Å². The van der Waals surface area contributed by atoms with Crippen LogP contribution in [0.1, 0.15) is 0 Å². The first kappa shape index (κ1) is 29.2. The van der Waals surface area contributed by atoms with Gasteiger partial charge in [0.1, 0.15) is 16.9 Å². The van der Waals surface area contributed by atoms with E-state index in [1.54, 1.807) is 6.07 Å². The molecule has 0 N–H and O–H groups in total. The molecule has 0 atom stereocenters. The average molecular weight is 666 g/mol. The number of hydrogen-bond acceptors (Lipinski definition) is 6. The highest BCUT2D eigenvalue weighted by atomic mass is 32.2. The monoisotopic (exact) mass is 665 g/mol. The number of para-hydroxylation sites is 1. The van der Waals surface area contributed by atoms with Crippen LogP contribution < -0.4 is 4.18 Å². The van der Waals surface area contributed by atoms with Gasteiger partial charge in [-0.25, -0.2) is 15.0 Å². The molecule has 0 amide bonds. The predicted octanol–water partition coefficient (Wildman–Crippen LogP) is 11.8. The van der Waals surface area contributed by atoms with Gasteiger partial charge in [-0.05, 0) is 56.6 Å². The van der Waals surface area contributed by atoms with Crippen LogP contribution >= 0.6 is 12.0 Å². The second-order valence-electron chi connectivity index (χ2n) is 11.5. The van der Waals surface area contributed by atoms with Crippen molar-refractivity contribution in [1.29, 1.82) is 0 Å². The third-order valence-corrected chi connectivity index (χ3v) is 9.07. The largest absolute Gasteiger partial charge is 0.479 e. The minimum Gasteiger partial charge on any atom is -0.456 e. The zero-order valence-corrected chi connectivity index (χ0v) is 26.2. The fourth-order valence-electron chi connectivity index (χ4n) is 6.56. The standard InChI is InChI=1S/C40H22F3N3O2S/c41-40(42,43)49-48-35-22-31-27-16-7-5-14-25(27)24-13-4-6-15-26(24)30(31)21-32(35)39-45-37(23-11-2-1-3-12-23)44-38(46-39)29-18-10-20-34-36(29)28-17-8-9-19-33(28)47-34/h1-22H. The molecule has 7 aromatic carbocycles. The fraction of sp³-hybridized carbons (Fsp3) is 0.0250. The summed E-state index contributed by atoms with van der Waals surface area (Å²) in [5, 5.41) is 7.16. The van der Waals surface area contributed by atoms with Crippen molar-refractivity contribution in [3.63, 3.8) is 0 Å². The highest BCUT2D eigenvalue weighted by Crippen LogP contribution is 2.44. The number of nitrogens with zero attached hydrogens (tertiary/aromatic N) is 3. The lowest BCUT2D eigenvalue weighted by Crippen LogP contribution is -2.05. The number of hydrogen-bond donors (Lipinski definition) is 0. The molecule has 2 aromatic heterocycles. The molecule has 5 nitrogen and oxygen atoms in total. The van der Waals surface area contributed by atoms with E-state index in [0.29, 0.717) is 28.4 Å². The molecule has 0 saturated heterocycles. The number of aromatic nitrogens is 3. The maximum Gasteiger partial charge on any atom is 0.479 e. The molecular weight excluding hydrogens is 644 g/mol. The van der Waals surface area contributed by atoms with Crippen LogP contribution in [-0.2, 0) is 0 Å². The van der Waals surface area contributed by atoms with E-state index < -0.39 is 17.6 Å². The molecule has 0 fully saturated rings. The Bertz CT molecular complexity index is 2730. The molecule has 0 aliphatic carbocycles. The molecule has 0 radical (unpaired) electrons. The Morgan fingerprint density at radius 3 is 1.69 bits per heavy atom. The van der Waals surface area contributed by atoms with E-state index >= 15 is 0 Å². The van der Waals surface area contributed by atoms with Crippen LogP contribution in [0.2, 0.25) is 0 Å². The third-order valence-electron chi connectivity index (χ3n) is 8.62. The highest BCUT2D eigenvalue weighted by molar-refractivity contribution is 7.95. The van der Waals surface area contributed by atoms with E-state index in [4.69, 9.17) is 23.6 Å². The van der Waals surface area contributed by atoms with Crippen molar-refractivity contribution in [2.75, 3.05) is 0 Å². The topological polar surface area (TPSA) is 61.0 Å². The lowest BCUT2D eigenvalue weighted by Gasteiger charge is -2.16. The van der Waals surface area contributed by atoms with Crippen LogP contribution in [0, 0.1) is 0 Å². The summed E-state index contributed by atoms with van der Waals surface area (Å²) in [5.41, 5.74) is -1.54. The van der Waals surface area contributed by atoms with Crippen LogP contribution in [0.4, 0.5) is 13.2 Å². The SMILES string of the molecule is FC(F)(F)SOc1cc2c3ccccc3c3ccccc3c2cc1-c1nc(-c2ccccc2)nc(-c2cccc3oc4ccccc4c23)n1. The van der Waals surface area contributed by atoms with Gasteiger partial charge in [0.15, 0.2) is 29.5 Å². The first-order chi connectivity index (χ1) is 23.9. The van der Waals surface area contributed by atoms with Gasteiger partial charge in [0.05, 0.1) is 5.56 Å². The lowest BCUT2D eigenvalue weighted by molar-refractivity contribution is -0.0369. The van der Waals surface area contributed by atoms with E-state index in [1.165, 1.54) is 0 Å². The Morgan fingerprint density at radius 2 is 1.02 bits per heavy atom. The Hall–Kier alpha value is -5.93. The number of benzene rings is 7. The summed E-state index contributed by atoms with van der Waals surface area (Å²) in [5.74, 6) is 0.867. The molecule has 0 saturated carbocycles. The van der Waals surface area contributed by atoms with Gasteiger partial charge in [0.25, 0.3) is 0 Å². The molecule has 49 heavy (non-hydrogen) atoms. The zero-order chi connectivity index (χ0) is 33.1. The second-order valence-corrected chi connectivity index (χ2v) is 12.3. The quantitative estimate of drug-likeness (QED) is 0.135. The smallest absolute Gasteiger partial charge is 0.456 e. The molecular formula is C40H22F3N3O2S. The number of rotatable bonds is 5. The average Bonchev–Trinajstić information content (AvgIpc) is 3.53. The number of furan rings is 1. The van der Waals surface area contributed by atoms with Gasteiger partial charge in [-0.1, -0.05) is 109 Å². The van der Waals surface area contributed by atoms with Crippen molar-refractivity contribution in [2.24, 2.45) is 0 Å². The molecule has 0 bridgehead atoms. The summed E-state index contributed by atoms with van der Waals surface area (Å²) in [6.45, 7) is 0. The van der Waals surface area contributed by atoms with Gasteiger partial charge in [0, 0.05) is 21.9 Å². The molecule has 0 aliphatic heterocycles. The molecule has 0 spiro atoms. The Morgan fingerprint density at radius 1 is 0.490 bits per heavy atom. The van der Waals surface area contributed by atoms with E-state index in [9.17, 15) is 13.2 Å². The van der Waals surface area contributed by atoms with Gasteiger partial charge in [-0.3, -0.25) is 0 Å². The second kappa shape index (κ2) is 11.4. The Balaban J connectivity index is 1.37. The molecule has 0 unspecified atom stereocenters. The van der Waals surface area contributed by atoms with Crippen molar-refractivity contribution < 1.29 is 21.8 Å². The summed E-state index contributed by atoms with van der Waals surface area (Å²) >= 11 is -0.565. The van der Waals surface area contributed by atoms with Gasteiger partial charge in [-0.2, -0.15) is 13.2 Å². The van der Waals surface area contributed by atoms with Crippen LogP contribution in [0.5, 0.6) is 5.75 Å². The summed E-state index contributed by atoms with van der Waals surface area (Å²) < 4.78 is 52.6. The Labute approximate surface area is 281 Å². The Kier molecular flexibility index (Phi) is 6.77. The maximum atomic E-state index is 13.7. The molecule has 0 aliphatic rings. The number of alkyl halides is 3. The predicted molar refractivity (Wildman–Crippen MR) is 190 cm³/mol. The molecule has 236 valence electrons. The van der Waals surface area contributed by atoms with Gasteiger partial charge in [-0.15, -0.1) is 0 Å². The minimum atomic E-state index is -4.64. The normalized spacial score (nSPS) is 12.1. The van der Waals surface area contributed by atoms with Crippen LogP contribution in [0.25, 0.3) is 88.4 Å². The number of fused-ring (bicyclic) bond motifs is 9. The van der Waals surface area contributed by atoms with Crippen molar-refractivity contribution in [2.45, 2.75) is 5.51 Å². The van der Waals surface area contributed by atoms with E-state index in [2.05, 4.69) is 0 Å². The summed E-state index contributed by atoms with van der Waals surface area (Å²) in [6.07, 6.45) is 0. The number of halogens is 3. The van der Waals surface area contributed by atoms with Crippen molar-refractivity contribution >= 4 is 66.3 Å². The lowest BCUT2D eigenvalue weighted by atomic mass is 9.93. The third kappa shape index (κ3) is 5.10. The van der Waals surface area contributed by atoms with Crippen LogP contribution in [0.15, 0.2) is 138 Å². The van der Waals surface area contributed by atoms with Crippen molar-refractivity contribution in [3.05, 3.63) is 133 Å². The zero-order valence-electron chi connectivity index (χ0n) is 25.4. The summed E-state index contributed by atoms with van der Waals surface area (Å²) in [6, 6.07) is 42.1. The molecule has 2 heterocycles. The maximum absolute atomic E-state index is 13.7. The molecule has 9 rings (SSSR count). The minimum absolute atomic E-state index is 0.0154. The van der Waals surface area contributed by atoms with Crippen LogP contribution in [-0.4, -0.2) is 20.5 Å². The summed E-state index contributed by atoms with van der Waals surface area (Å²) in [4.78, 5) is 14.7. The summed E-state index contributed by atoms with van der Waals surface area (Å²) in [7, 11) is 0. The first-order valence-corrected chi connectivity index (χ1v) is 16.2. The first-order valence-electron chi connectivity index (χ1n) is 15.4.